The number of aromatic nitrogens is 2. The number of hydrogen-bond donors (Lipinski definition) is 0. The van der Waals surface area contributed by atoms with Crippen molar-refractivity contribution in [2.45, 2.75) is 6.42 Å². The van der Waals surface area contributed by atoms with Crippen LogP contribution in [-0.2, 0) is 6.42 Å². The fourth-order valence-electron chi connectivity index (χ4n) is 1.90. The number of nitrogens with zero attached hydrogens (tertiary/aromatic N) is 2. The van der Waals surface area contributed by atoms with Gasteiger partial charge in [-0.15, -0.1) is 0 Å². The summed E-state index contributed by atoms with van der Waals surface area (Å²) in [6.45, 7) is 0. The van der Waals surface area contributed by atoms with Gasteiger partial charge in [0.15, 0.2) is 12.2 Å². The standard InChI is InChI=1S/C14H9ClN2O2/c15-11-5-10-3-9(1-2-13(10)16-6-11)4-14-17-12(7-18)8-19-14/h1-3,5-8H,4H2. The number of hydrogen-bond acceptors (Lipinski definition) is 4. The highest BCUT2D eigenvalue weighted by Crippen LogP contribution is 2.19. The zero-order valence-electron chi connectivity index (χ0n) is 9.84. The first-order valence-electron chi connectivity index (χ1n) is 5.68. The molecule has 0 aliphatic carbocycles. The van der Waals surface area contributed by atoms with Crippen LogP contribution < -0.4 is 0 Å². The lowest BCUT2D eigenvalue weighted by atomic mass is 10.1. The average Bonchev–Trinajstić information content (AvgIpc) is 2.86. The van der Waals surface area contributed by atoms with Crippen molar-refractivity contribution in [2.24, 2.45) is 0 Å². The van der Waals surface area contributed by atoms with Crippen molar-refractivity contribution in [2.75, 3.05) is 0 Å². The van der Waals surface area contributed by atoms with Gasteiger partial charge in [-0.1, -0.05) is 17.7 Å². The number of carbonyl (C=O) groups is 1. The van der Waals surface area contributed by atoms with Crippen LogP contribution in [0.3, 0.4) is 0 Å². The number of rotatable bonds is 3. The van der Waals surface area contributed by atoms with Crippen molar-refractivity contribution >= 4 is 28.8 Å². The summed E-state index contributed by atoms with van der Waals surface area (Å²) < 4.78 is 5.21. The molecular weight excluding hydrogens is 264 g/mol. The molecule has 94 valence electrons. The average molecular weight is 273 g/mol. The first-order chi connectivity index (χ1) is 9.24. The van der Waals surface area contributed by atoms with E-state index in [1.807, 2.05) is 24.3 Å². The Balaban J connectivity index is 1.94. The second-order valence-electron chi connectivity index (χ2n) is 4.14. The molecule has 0 fully saturated rings. The quantitative estimate of drug-likeness (QED) is 0.687. The van der Waals surface area contributed by atoms with Crippen LogP contribution in [0.4, 0.5) is 0 Å². The molecule has 0 radical (unpaired) electrons. The number of carbonyl (C=O) groups excluding carboxylic acids is 1. The summed E-state index contributed by atoms with van der Waals surface area (Å²) in [6, 6.07) is 7.72. The Morgan fingerprint density at radius 2 is 2.21 bits per heavy atom. The molecule has 0 amide bonds. The molecule has 0 aliphatic heterocycles. The molecule has 0 atom stereocenters. The molecule has 5 heteroatoms. The van der Waals surface area contributed by atoms with Crippen molar-refractivity contribution in [1.29, 1.82) is 0 Å². The predicted molar refractivity (Wildman–Crippen MR) is 71.4 cm³/mol. The maximum atomic E-state index is 10.5. The van der Waals surface area contributed by atoms with Crippen molar-refractivity contribution in [3.63, 3.8) is 0 Å². The van der Waals surface area contributed by atoms with Gasteiger partial charge in [-0.2, -0.15) is 0 Å². The van der Waals surface area contributed by atoms with E-state index in [0.29, 0.717) is 29.3 Å². The molecule has 1 aromatic carbocycles. The molecule has 0 N–H and O–H groups in total. The monoisotopic (exact) mass is 272 g/mol. The van der Waals surface area contributed by atoms with Gasteiger partial charge in [0.2, 0.25) is 0 Å². The largest absolute Gasteiger partial charge is 0.448 e. The Bertz CT molecular complexity index is 752. The van der Waals surface area contributed by atoms with Crippen LogP contribution in [0, 0.1) is 0 Å². The van der Waals surface area contributed by atoms with Crippen molar-refractivity contribution in [3.8, 4) is 0 Å². The van der Waals surface area contributed by atoms with Gasteiger partial charge < -0.3 is 4.42 Å². The van der Waals surface area contributed by atoms with Crippen LogP contribution in [0.15, 0.2) is 41.1 Å². The summed E-state index contributed by atoms with van der Waals surface area (Å²) in [4.78, 5) is 18.8. The Labute approximate surface area is 114 Å². The number of halogens is 1. The highest BCUT2D eigenvalue weighted by Gasteiger charge is 2.05. The Morgan fingerprint density at radius 1 is 1.32 bits per heavy atom. The molecule has 2 heterocycles. The number of benzene rings is 1. The summed E-state index contributed by atoms with van der Waals surface area (Å²) in [6.07, 6.45) is 4.16. The molecule has 3 aromatic rings. The van der Waals surface area contributed by atoms with E-state index in [1.165, 1.54) is 6.26 Å². The first kappa shape index (κ1) is 11.9. The molecule has 4 nitrogen and oxygen atoms in total. The lowest BCUT2D eigenvalue weighted by molar-refractivity contribution is 0.111. The molecule has 0 spiro atoms. The van der Waals surface area contributed by atoms with Crippen LogP contribution in [0.2, 0.25) is 5.02 Å². The lowest BCUT2D eigenvalue weighted by Gasteiger charge is -2.01. The smallest absolute Gasteiger partial charge is 0.199 e. The van der Waals surface area contributed by atoms with Gasteiger partial charge in [0.05, 0.1) is 10.5 Å². The second kappa shape index (κ2) is 4.82. The minimum Gasteiger partial charge on any atom is -0.448 e. The minimum atomic E-state index is 0.306. The topological polar surface area (TPSA) is 56.0 Å². The number of fused-ring (bicyclic) bond motifs is 1. The van der Waals surface area contributed by atoms with Crippen LogP contribution in [0.1, 0.15) is 21.9 Å². The molecule has 0 bridgehead atoms. The zero-order chi connectivity index (χ0) is 13.2. The third-order valence-corrected chi connectivity index (χ3v) is 2.96. The highest BCUT2D eigenvalue weighted by atomic mass is 35.5. The van der Waals surface area contributed by atoms with E-state index in [1.54, 1.807) is 6.20 Å². The van der Waals surface area contributed by atoms with Gasteiger partial charge in [-0.3, -0.25) is 9.78 Å². The first-order valence-corrected chi connectivity index (χ1v) is 6.06. The number of oxazole rings is 1. The lowest BCUT2D eigenvalue weighted by Crippen LogP contribution is -1.90. The molecule has 0 aliphatic rings. The summed E-state index contributed by atoms with van der Waals surface area (Å²) in [5, 5.41) is 1.57. The van der Waals surface area contributed by atoms with E-state index >= 15 is 0 Å². The van der Waals surface area contributed by atoms with Gasteiger partial charge in [0.25, 0.3) is 0 Å². The van der Waals surface area contributed by atoms with Gasteiger partial charge in [0, 0.05) is 18.0 Å². The Kier molecular flexibility index (Phi) is 3.01. The van der Waals surface area contributed by atoms with Crippen LogP contribution in [-0.4, -0.2) is 16.3 Å². The number of pyridine rings is 1. The van der Waals surface area contributed by atoms with Gasteiger partial charge in [0.1, 0.15) is 12.0 Å². The third-order valence-electron chi connectivity index (χ3n) is 2.76. The molecule has 19 heavy (non-hydrogen) atoms. The van der Waals surface area contributed by atoms with Gasteiger partial charge in [-0.25, -0.2) is 4.98 Å². The molecular formula is C14H9ClN2O2. The maximum absolute atomic E-state index is 10.5. The zero-order valence-corrected chi connectivity index (χ0v) is 10.6. The van der Waals surface area contributed by atoms with Crippen molar-refractivity contribution in [3.05, 3.63) is 58.9 Å². The molecule has 3 rings (SSSR count). The second-order valence-corrected chi connectivity index (χ2v) is 4.58. The van der Waals surface area contributed by atoms with Gasteiger partial charge >= 0.3 is 0 Å². The van der Waals surface area contributed by atoms with Crippen LogP contribution in [0.25, 0.3) is 10.9 Å². The fourth-order valence-corrected chi connectivity index (χ4v) is 2.07. The normalized spacial score (nSPS) is 10.8. The van der Waals surface area contributed by atoms with Gasteiger partial charge in [-0.05, 0) is 23.8 Å². The van der Waals surface area contributed by atoms with Crippen molar-refractivity contribution in [1.82, 2.24) is 9.97 Å². The summed E-state index contributed by atoms with van der Waals surface area (Å²) in [5.74, 6) is 0.511. The van der Waals surface area contributed by atoms with Crippen LogP contribution >= 0.6 is 11.6 Å². The van der Waals surface area contributed by atoms with E-state index in [9.17, 15) is 4.79 Å². The van der Waals surface area contributed by atoms with E-state index in [4.69, 9.17) is 16.0 Å². The molecule has 0 saturated heterocycles. The Morgan fingerprint density at radius 3 is 3.00 bits per heavy atom. The van der Waals surface area contributed by atoms with Crippen molar-refractivity contribution < 1.29 is 9.21 Å². The summed E-state index contributed by atoms with van der Waals surface area (Å²) >= 11 is 5.92. The van der Waals surface area contributed by atoms with Crippen LogP contribution in [0.5, 0.6) is 0 Å². The van der Waals surface area contributed by atoms with E-state index < -0.39 is 0 Å². The summed E-state index contributed by atoms with van der Waals surface area (Å²) in [5.41, 5.74) is 2.21. The number of aldehydes is 1. The highest BCUT2D eigenvalue weighted by molar-refractivity contribution is 6.31. The maximum Gasteiger partial charge on any atom is 0.199 e. The van der Waals surface area contributed by atoms with E-state index in [-0.39, 0.29) is 0 Å². The minimum absolute atomic E-state index is 0.306. The predicted octanol–water partition coefficient (Wildman–Crippen LogP) is 3.28. The summed E-state index contributed by atoms with van der Waals surface area (Å²) in [7, 11) is 0. The molecule has 0 saturated carbocycles. The Hall–Kier alpha value is -2.20. The molecule has 0 unspecified atom stereocenters. The van der Waals surface area contributed by atoms with E-state index in [0.717, 1.165) is 16.5 Å². The third kappa shape index (κ3) is 2.48. The fraction of sp³-hybridized carbons (Fsp3) is 0.0714. The SMILES string of the molecule is O=Cc1coc(Cc2ccc3ncc(Cl)cc3c2)n1. The van der Waals surface area contributed by atoms with E-state index in [2.05, 4.69) is 9.97 Å². The molecule has 2 aromatic heterocycles.